The van der Waals surface area contributed by atoms with Gasteiger partial charge < -0.3 is 11.1 Å². The summed E-state index contributed by atoms with van der Waals surface area (Å²) in [6, 6.07) is 3.37. The monoisotopic (exact) mass is 209 g/mol. The second-order valence-corrected chi connectivity index (χ2v) is 4.26. The summed E-state index contributed by atoms with van der Waals surface area (Å²) < 4.78 is 13.2. The Morgan fingerprint density at radius 3 is 2.93 bits per heavy atom. The molecule has 2 rings (SSSR count). The number of rotatable bonds is 2. The number of aryl methyl sites for hydroxylation is 1. The van der Waals surface area contributed by atoms with Crippen molar-refractivity contribution in [3.05, 3.63) is 29.3 Å². The Kier molecular flexibility index (Phi) is 2.71. The van der Waals surface area contributed by atoms with Gasteiger partial charge in [-0.3, -0.25) is 0 Å². The highest BCUT2D eigenvalue weighted by molar-refractivity contribution is 5.25. The van der Waals surface area contributed by atoms with E-state index in [1.165, 1.54) is 6.07 Å². The van der Waals surface area contributed by atoms with Gasteiger partial charge in [-0.05, 0) is 37.6 Å². The van der Waals surface area contributed by atoms with Crippen LogP contribution < -0.4 is 11.1 Å². The highest BCUT2D eigenvalue weighted by Crippen LogP contribution is 2.28. The van der Waals surface area contributed by atoms with Crippen LogP contribution in [0.15, 0.2) is 12.1 Å². The van der Waals surface area contributed by atoms with E-state index in [9.17, 15) is 4.39 Å². The standard InChI is InChI=1S/C11H16FN3/c1-8-4-9(15-10(12)5-8)11(6-13)2-3-14-7-11/h4-5,14H,2-3,6-7,13H2,1H3. The van der Waals surface area contributed by atoms with Gasteiger partial charge in [0.2, 0.25) is 5.95 Å². The van der Waals surface area contributed by atoms with E-state index in [1.54, 1.807) is 0 Å². The zero-order valence-corrected chi connectivity index (χ0v) is 8.89. The lowest BCUT2D eigenvalue weighted by molar-refractivity contribution is 0.453. The van der Waals surface area contributed by atoms with Gasteiger partial charge in [0.05, 0.1) is 5.69 Å². The zero-order valence-electron chi connectivity index (χ0n) is 8.89. The van der Waals surface area contributed by atoms with Gasteiger partial charge in [0.1, 0.15) is 0 Å². The molecule has 1 saturated heterocycles. The van der Waals surface area contributed by atoms with E-state index in [4.69, 9.17) is 5.73 Å². The van der Waals surface area contributed by atoms with Crippen LogP contribution in [0.1, 0.15) is 17.7 Å². The molecule has 1 aromatic rings. The van der Waals surface area contributed by atoms with Gasteiger partial charge in [0.15, 0.2) is 0 Å². The summed E-state index contributed by atoms with van der Waals surface area (Å²) in [7, 11) is 0. The molecule has 0 bridgehead atoms. The van der Waals surface area contributed by atoms with Crippen LogP contribution in [0.2, 0.25) is 0 Å². The molecule has 1 aromatic heterocycles. The van der Waals surface area contributed by atoms with E-state index < -0.39 is 5.95 Å². The molecule has 1 aliphatic heterocycles. The van der Waals surface area contributed by atoms with Crippen molar-refractivity contribution in [2.75, 3.05) is 19.6 Å². The first-order valence-corrected chi connectivity index (χ1v) is 5.22. The second kappa shape index (κ2) is 3.87. The molecule has 4 heteroatoms. The van der Waals surface area contributed by atoms with E-state index in [-0.39, 0.29) is 5.41 Å². The summed E-state index contributed by atoms with van der Waals surface area (Å²) in [5.74, 6) is -0.412. The van der Waals surface area contributed by atoms with Crippen molar-refractivity contribution in [3.8, 4) is 0 Å². The number of nitrogens with one attached hydrogen (secondary N) is 1. The number of nitrogens with two attached hydrogens (primary N) is 1. The third-order valence-corrected chi connectivity index (χ3v) is 3.12. The van der Waals surface area contributed by atoms with E-state index in [1.807, 2.05) is 13.0 Å². The first kappa shape index (κ1) is 10.5. The number of nitrogens with zero attached hydrogens (tertiary/aromatic N) is 1. The molecular weight excluding hydrogens is 193 g/mol. The highest BCUT2D eigenvalue weighted by Gasteiger charge is 2.35. The lowest BCUT2D eigenvalue weighted by Gasteiger charge is -2.25. The lowest BCUT2D eigenvalue weighted by Crippen LogP contribution is -2.38. The number of hydrogen-bond acceptors (Lipinski definition) is 3. The minimum Gasteiger partial charge on any atom is -0.329 e. The average molecular weight is 209 g/mol. The highest BCUT2D eigenvalue weighted by atomic mass is 19.1. The van der Waals surface area contributed by atoms with Crippen molar-refractivity contribution in [3.63, 3.8) is 0 Å². The fourth-order valence-electron chi connectivity index (χ4n) is 2.14. The minimum absolute atomic E-state index is 0.174. The van der Waals surface area contributed by atoms with Crippen LogP contribution in [0.3, 0.4) is 0 Å². The number of aromatic nitrogens is 1. The maximum absolute atomic E-state index is 13.2. The first-order valence-electron chi connectivity index (χ1n) is 5.22. The van der Waals surface area contributed by atoms with Crippen molar-refractivity contribution in [1.82, 2.24) is 10.3 Å². The maximum atomic E-state index is 13.2. The number of pyridine rings is 1. The summed E-state index contributed by atoms with van der Waals surface area (Å²) in [5.41, 5.74) is 7.31. The van der Waals surface area contributed by atoms with Gasteiger partial charge in [-0.25, -0.2) is 4.98 Å². The summed E-state index contributed by atoms with van der Waals surface area (Å²) in [6.45, 7) is 4.10. The molecule has 3 nitrogen and oxygen atoms in total. The lowest BCUT2D eigenvalue weighted by atomic mass is 9.83. The van der Waals surface area contributed by atoms with Gasteiger partial charge in [-0.2, -0.15) is 4.39 Å². The Morgan fingerprint density at radius 1 is 1.60 bits per heavy atom. The van der Waals surface area contributed by atoms with Crippen molar-refractivity contribution >= 4 is 0 Å². The largest absolute Gasteiger partial charge is 0.329 e. The topological polar surface area (TPSA) is 50.9 Å². The number of halogens is 1. The molecule has 82 valence electrons. The van der Waals surface area contributed by atoms with Gasteiger partial charge in [-0.15, -0.1) is 0 Å². The maximum Gasteiger partial charge on any atom is 0.213 e. The van der Waals surface area contributed by atoms with Crippen LogP contribution >= 0.6 is 0 Å². The van der Waals surface area contributed by atoms with Gasteiger partial charge in [0.25, 0.3) is 0 Å². The third-order valence-electron chi connectivity index (χ3n) is 3.12. The first-order chi connectivity index (χ1) is 7.16. The molecule has 1 fully saturated rings. The molecular formula is C11H16FN3. The van der Waals surface area contributed by atoms with Crippen molar-refractivity contribution in [1.29, 1.82) is 0 Å². The molecule has 1 atom stereocenters. The van der Waals surface area contributed by atoms with Crippen molar-refractivity contribution < 1.29 is 4.39 Å². The van der Waals surface area contributed by atoms with E-state index in [0.717, 1.165) is 30.8 Å². The molecule has 0 aromatic carbocycles. The molecule has 0 amide bonds. The van der Waals surface area contributed by atoms with Gasteiger partial charge in [0, 0.05) is 18.5 Å². The smallest absolute Gasteiger partial charge is 0.213 e. The Balaban J connectivity index is 2.42. The van der Waals surface area contributed by atoms with Crippen LogP contribution in [-0.2, 0) is 5.41 Å². The zero-order chi connectivity index (χ0) is 10.9. The Hall–Kier alpha value is -1.00. The normalized spacial score (nSPS) is 25.8. The molecule has 1 aliphatic rings. The van der Waals surface area contributed by atoms with Crippen LogP contribution in [0, 0.1) is 12.9 Å². The molecule has 0 spiro atoms. The average Bonchev–Trinajstić information content (AvgIpc) is 2.65. The fourth-order valence-corrected chi connectivity index (χ4v) is 2.14. The molecule has 3 N–H and O–H groups in total. The SMILES string of the molecule is Cc1cc(F)nc(C2(CN)CCNC2)c1. The van der Waals surface area contributed by atoms with Crippen molar-refractivity contribution in [2.45, 2.75) is 18.8 Å². The predicted molar refractivity (Wildman–Crippen MR) is 57.2 cm³/mol. The summed E-state index contributed by atoms with van der Waals surface area (Å²) in [4.78, 5) is 3.97. The van der Waals surface area contributed by atoms with E-state index in [0.29, 0.717) is 6.54 Å². The Labute approximate surface area is 88.9 Å². The van der Waals surface area contributed by atoms with Crippen LogP contribution in [0.4, 0.5) is 4.39 Å². The van der Waals surface area contributed by atoms with E-state index >= 15 is 0 Å². The van der Waals surface area contributed by atoms with Crippen molar-refractivity contribution in [2.24, 2.45) is 5.73 Å². The summed E-state index contributed by atoms with van der Waals surface area (Å²) in [5, 5.41) is 3.26. The Morgan fingerprint density at radius 2 is 2.40 bits per heavy atom. The minimum atomic E-state index is -0.412. The third kappa shape index (κ3) is 1.87. The molecule has 0 aliphatic carbocycles. The van der Waals surface area contributed by atoms with E-state index in [2.05, 4.69) is 10.3 Å². The van der Waals surface area contributed by atoms with Crippen LogP contribution in [-0.4, -0.2) is 24.6 Å². The Bertz CT molecular complexity index is 339. The predicted octanol–water partition coefficient (Wildman–Crippen LogP) is 0.719. The van der Waals surface area contributed by atoms with Crippen LogP contribution in [0.25, 0.3) is 0 Å². The summed E-state index contributed by atoms with van der Waals surface area (Å²) >= 11 is 0. The molecule has 1 unspecified atom stereocenters. The van der Waals surface area contributed by atoms with Gasteiger partial charge in [-0.1, -0.05) is 0 Å². The second-order valence-electron chi connectivity index (χ2n) is 4.26. The fraction of sp³-hybridized carbons (Fsp3) is 0.545. The quantitative estimate of drug-likeness (QED) is 0.706. The summed E-state index contributed by atoms with van der Waals surface area (Å²) in [6.07, 6.45) is 0.930. The molecule has 0 saturated carbocycles. The molecule has 15 heavy (non-hydrogen) atoms. The van der Waals surface area contributed by atoms with Gasteiger partial charge >= 0.3 is 0 Å². The molecule has 2 heterocycles. The number of hydrogen-bond donors (Lipinski definition) is 2. The van der Waals surface area contributed by atoms with Crippen LogP contribution in [0.5, 0.6) is 0 Å². The molecule has 0 radical (unpaired) electrons.